The SMILES string of the molecule is CCc1cc2c(NCC(C)(C)CC)nc(NN)nc2s1. The molecular formula is C14H23N5S. The summed E-state index contributed by atoms with van der Waals surface area (Å²) < 4.78 is 0. The highest BCUT2D eigenvalue weighted by Crippen LogP contribution is 2.31. The van der Waals surface area contributed by atoms with Gasteiger partial charge in [-0.2, -0.15) is 4.98 Å². The Morgan fingerprint density at radius 2 is 2.05 bits per heavy atom. The Hall–Kier alpha value is -1.40. The number of fused-ring (bicyclic) bond motifs is 1. The van der Waals surface area contributed by atoms with Gasteiger partial charge in [0.2, 0.25) is 5.95 Å². The van der Waals surface area contributed by atoms with Gasteiger partial charge >= 0.3 is 0 Å². The van der Waals surface area contributed by atoms with Gasteiger partial charge in [-0.1, -0.05) is 27.7 Å². The van der Waals surface area contributed by atoms with Crippen LogP contribution in [0, 0.1) is 5.41 Å². The molecule has 0 spiro atoms. The van der Waals surface area contributed by atoms with Gasteiger partial charge in [0.15, 0.2) is 0 Å². The van der Waals surface area contributed by atoms with Gasteiger partial charge in [-0.15, -0.1) is 11.3 Å². The molecule has 0 unspecified atom stereocenters. The molecule has 0 aliphatic carbocycles. The van der Waals surface area contributed by atoms with Crippen LogP contribution in [0.2, 0.25) is 0 Å². The van der Waals surface area contributed by atoms with Crippen molar-refractivity contribution in [3.63, 3.8) is 0 Å². The van der Waals surface area contributed by atoms with Crippen molar-refractivity contribution >= 4 is 33.3 Å². The highest BCUT2D eigenvalue weighted by atomic mass is 32.1. The van der Waals surface area contributed by atoms with Crippen molar-refractivity contribution in [2.75, 3.05) is 17.3 Å². The van der Waals surface area contributed by atoms with Gasteiger partial charge in [-0.25, -0.2) is 10.8 Å². The molecule has 0 aliphatic rings. The molecule has 0 aliphatic heterocycles. The van der Waals surface area contributed by atoms with Crippen LogP contribution in [0.25, 0.3) is 10.2 Å². The molecule has 4 N–H and O–H groups in total. The van der Waals surface area contributed by atoms with E-state index in [9.17, 15) is 0 Å². The van der Waals surface area contributed by atoms with Crippen molar-refractivity contribution in [3.05, 3.63) is 10.9 Å². The predicted octanol–water partition coefficient (Wildman–Crippen LogP) is 3.39. The van der Waals surface area contributed by atoms with Crippen LogP contribution in [0.15, 0.2) is 6.07 Å². The maximum Gasteiger partial charge on any atom is 0.240 e. The molecule has 0 saturated heterocycles. The Bertz CT molecular complexity index is 591. The lowest BCUT2D eigenvalue weighted by atomic mass is 9.90. The number of anilines is 2. The zero-order chi connectivity index (χ0) is 14.8. The fraction of sp³-hybridized carbons (Fsp3) is 0.571. The number of hydrazine groups is 1. The summed E-state index contributed by atoms with van der Waals surface area (Å²) in [7, 11) is 0. The molecule has 110 valence electrons. The summed E-state index contributed by atoms with van der Waals surface area (Å²) in [6.45, 7) is 9.70. The second-order valence-electron chi connectivity index (χ2n) is 5.70. The van der Waals surface area contributed by atoms with Crippen LogP contribution < -0.4 is 16.6 Å². The van der Waals surface area contributed by atoms with Crippen LogP contribution in [0.4, 0.5) is 11.8 Å². The lowest BCUT2D eigenvalue weighted by Gasteiger charge is -2.23. The number of aryl methyl sites for hydroxylation is 1. The fourth-order valence-electron chi connectivity index (χ4n) is 1.79. The van der Waals surface area contributed by atoms with Crippen molar-refractivity contribution in [2.24, 2.45) is 11.3 Å². The Balaban J connectivity index is 2.36. The second kappa shape index (κ2) is 5.93. The molecule has 2 aromatic rings. The van der Waals surface area contributed by atoms with Gasteiger partial charge in [-0.05, 0) is 24.3 Å². The maximum atomic E-state index is 5.46. The first kappa shape index (κ1) is 15.0. The first-order chi connectivity index (χ1) is 9.49. The van der Waals surface area contributed by atoms with E-state index in [1.165, 1.54) is 4.88 Å². The van der Waals surface area contributed by atoms with Gasteiger partial charge in [0, 0.05) is 11.4 Å². The number of nitrogens with zero attached hydrogens (tertiary/aromatic N) is 2. The Kier molecular flexibility index (Phi) is 4.45. The number of nitrogen functional groups attached to an aromatic ring is 1. The third-order valence-electron chi connectivity index (χ3n) is 3.61. The lowest BCUT2D eigenvalue weighted by Crippen LogP contribution is -2.23. The number of thiophene rings is 1. The Morgan fingerprint density at radius 1 is 1.30 bits per heavy atom. The molecule has 0 bridgehead atoms. The summed E-state index contributed by atoms with van der Waals surface area (Å²) >= 11 is 1.69. The second-order valence-corrected chi connectivity index (χ2v) is 6.81. The average molecular weight is 293 g/mol. The van der Waals surface area contributed by atoms with Gasteiger partial charge in [0.1, 0.15) is 10.6 Å². The Labute approximate surface area is 124 Å². The molecular weight excluding hydrogens is 270 g/mol. The van der Waals surface area contributed by atoms with Crippen molar-refractivity contribution in [1.29, 1.82) is 0 Å². The van der Waals surface area contributed by atoms with E-state index in [1.54, 1.807) is 11.3 Å². The number of nitrogens with two attached hydrogens (primary N) is 1. The molecule has 0 saturated carbocycles. The van der Waals surface area contributed by atoms with Crippen molar-refractivity contribution in [2.45, 2.75) is 40.5 Å². The van der Waals surface area contributed by atoms with Gasteiger partial charge < -0.3 is 5.32 Å². The smallest absolute Gasteiger partial charge is 0.240 e. The molecule has 2 heterocycles. The zero-order valence-electron chi connectivity index (χ0n) is 12.6. The minimum absolute atomic E-state index is 0.233. The molecule has 2 rings (SSSR count). The summed E-state index contributed by atoms with van der Waals surface area (Å²) in [6, 6.07) is 2.17. The van der Waals surface area contributed by atoms with E-state index in [0.29, 0.717) is 5.95 Å². The summed E-state index contributed by atoms with van der Waals surface area (Å²) in [6.07, 6.45) is 2.12. The molecule has 0 amide bonds. The molecule has 0 radical (unpaired) electrons. The molecule has 6 heteroatoms. The van der Waals surface area contributed by atoms with Crippen molar-refractivity contribution in [1.82, 2.24) is 9.97 Å². The molecule has 20 heavy (non-hydrogen) atoms. The largest absolute Gasteiger partial charge is 0.369 e. The first-order valence-electron chi connectivity index (χ1n) is 7.00. The highest BCUT2D eigenvalue weighted by molar-refractivity contribution is 7.18. The maximum absolute atomic E-state index is 5.46. The van der Waals surface area contributed by atoms with Gasteiger partial charge in [-0.3, -0.25) is 5.43 Å². The standard InChI is InChI=1S/C14H23N5S/c1-5-9-7-10-11(16-8-14(3,4)6-2)17-13(19-15)18-12(10)20-9/h7H,5-6,8,15H2,1-4H3,(H2,16,17,18,19). The molecule has 2 aromatic heterocycles. The molecule has 0 aromatic carbocycles. The molecule has 5 nitrogen and oxygen atoms in total. The van der Waals surface area contributed by atoms with Crippen LogP contribution in [0.1, 0.15) is 39.0 Å². The van der Waals surface area contributed by atoms with Crippen LogP contribution >= 0.6 is 11.3 Å². The number of hydrogen-bond acceptors (Lipinski definition) is 6. The number of rotatable bonds is 6. The Morgan fingerprint density at radius 3 is 2.65 bits per heavy atom. The minimum atomic E-state index is 0.233. The van der Waals surface area contributed by atoms with Crippen LogP contribution in [-0.4, -0.2) is 16.5 Å². The lowest BCUT2D eigenvalue weighted by molar-refractivity contribution is 0.376. The quantitative estimate of drug-likeness (QED) is 0.562. The van der Waals surface area contributed by atoms with E-state index in [2.05, 4.69) is 54.5 Å². The number of nitrogens with one attached hydrogen (secondary N) is 2. The van der Waals surface area contributed by atoms with Crippen LogP contribution in [-0.2, 0) is 6.42 Å². The molecule has 0 atom stereocenters. The summed E-state index contributed by atoms with van der Waals surface area (Å²) in [5, 5.41) is 4.53. The fourth-order valence-corrected chi connectivity index (χ4v) is 2.76. The number of aromatic nitrogens is 2. The third-order valence-corrected chi connectivity index (χ3v) is 4.79. The average Bonchev–Trinajstić information content (AvgIpc) is 2.87. The van der Waals surface area contributed by atoms with E-state index >= 15 is 0 Å². The predicted molar refractivity (Wildman–Crippen MR) is 87.2 cm³/mol. The minimum Gasteiger partial charge on any atom is -0.369 e. The summed E-state index contributed by atoms with van der Waals surface area (Å²) in [4.78, 5) is 11.2. The zero-order valence-corrected chi connectivity index (χ0v) is 13.4. The van der Waals surface area contributed by atoms with Gasteiger partial charge in [0.05, 0.1) is 5.39 Å². The highest BCUT2D eigenvalue weighted by Gasteiger charge is 2.17. The van der Waals surface area contributed by atoms with E-state index in [1.807, 2.05) is 0 Å². The van der Waals surface area contributed by atoms with E-state index in [-0.39, 0.29) is 5.41 Å². The van der Waals surface area contributed by atoms with Crippen molar-refractivity contribution < 1.29 is 0 Å². The van der Waals surface area contributed by atoms with E-state index in [4.69, 9.17) is 5.84 Å². The van der Waals surface area contributed by atoms with E-state index < -0.39 is 0 Å². The summed E-state index contributed by atoms with van der Waals surface area (Å²) in [5.74, 6) is 6.78. The topological polar surface area (TPSA) is 75.9 Å². The molecule has 0 fully saturated rings. The third kappa shape index (κ3) is 3.19. The van der Waals surface area contributed by atoms with E-state index in [0.717, 1.165) is 35.4 Å². The van der Waals surface area contributed by atoms with Crippen molar-refractivity contribution in [3.8, 4) is 0 Å². The van der Waals surface area contributed by atoms with Crippen LogP contribution in [0.5, 0.6) is 0 Å². The van der Waals surface area contributed by atoms with Gasteiger partial charge in [0.25, 0.3) is 0 Å². The van der Waals surface area contributed by atoms with Crippen LogP contribution in [0.3, 0.4) is 0 Å². The normalized spacial score (nSPS) is 11.8. The number of hydrogen-bond donors (Lipinski definition) is 3. The summed E-state index contributed by atoms with van der Waals surface area (Å²) in [5.41, 5.74) is 2.78. The first-order valence-corrected chi connectivity index (χ1v) is 7.81. The monoisotopic (exact) mass is 293 g/mol.